The number of carbonyl (C=O) groups is 3. The predicted octanol–water partition coefficient (Wildman–Crippen LogP) is 1.92. The number of aromatic nitrogens is 1. The van der Waals surface area contributed by atoms with E-state index in [9.17, 15) is 14.4 Å². The lowest BCUT2D eigenvalue weighted by Crippen LogP contribution is -2.40. The first-order valence-corrected chi connectivity index (χ1v) is 10.1. The zero-order chi connectivity index (χ0) is 20.8. The van der Waals surface area contributed by atoms with Crippen molar-refractivity contribution in [2.75, 3.05) is 20.2 Å². The number of likely N-dealkylation sites (N-methyl/N-ethyl adjacent to an activating group) is 1. The highest BCUT2D eigenvalue weighted by molar-refractivity contribution is 7.09. The van der Waals surface area contributed by atoms with Gasteiger partial charge in [0.15, 0.2) is 6.61 Å². The smallest absolute Gasteiger partial charge is 0.342 e. The van der Waals surface area contributed by atoms with E-state index in [2.05, 4.69) is 10.3 Å². The lowest BCUT2D eigenvalue weighted by molar-refractivity contribution is -0.137. The second-order valence-corrected chi connectivity index (χ2v) is 7.87. The quantitative estimate of drug-likeness (QED) is 0.626. The molecular formula is C20H23N3O5S. The van der Waals surface area contributed by atoms with Crippen molar-refractivity contribution >= 4 is 29.1 Å². The Kier molecular flexibility index (Phi) is 6.82. The summed E-state index contributed by atoms with van der Waals surface area (Å²) in [5.41, 5.74) is 0.998. The lowest BCUT2D eigenvalue weighted by Gasteiger charge is -2.17. The molecule has 0 radical (unpaired) electrons. The summed E-state index contributed by atoms with van der Waals surface area (Å²) in [6, 6.07) is 6.89. The fourth-order valence-electron chi connectivity index (χ4n) is 2.51. The first-order valence-electron chi connectivity index (χ1n) is 9.25. The van der Waals surface area contributed by atoms with Gasteiger partial charge in [0.2, 0.25) is 5.91 Å². The molecule has 1 saturated carbocycles. The van der Waals surface area contributed by atoms with E-state index in [4.69, 9.17) is 9.47 Å². The van der Waals surface area contributed by atoms with Crippen LogP contribution in [0.3, 0.4) is 0 Å². The molecule has 1 aromatic carbocycles. The summed E-state index contributed by atoms with van der Waals surface area (Å²) in [7, 11) is 1.50. The number of aryl methyl sites for hydroxylation is 1. The third kappa shape index (κ3) is 6.28. The van der Waals surface area contributed by atoms with Crippen LogP contribution in [-0.4, -0.2) is 53.9 Å². The van der Waals surface area contributed by atoms with Gasteiger partial charge in [-0.25, -0.2) is 9.78 Å². The van der Waals surface area contributed by atoms with Crippen molar-refractivity contribution in [2.24, 2.45) is 0 Å². The van der Waals surface area contributed by atoms with Crippen molar-refractivity contribution < 1.29 is 23.9 Å². The minimum Gasteiger partial charge on any atom is -0.486 e. The van der Waals surface area contributed by atoms with Gasteiger partial charge in [0.25, 0.3) is 5.91 Å². The molecule has 154 valence electrons. The number of nitrogens with one attached hydrogen (secondary N) is 1. The first kappa shape index (κ1) is 20.8. The van der Waals surface area contributed by atoms with Gasteiger partial charge in [-0.3, -0.25) is 9.59 Å². The van der Waals surface area contributed by atoms with Gasteiger partial charge in [-0.15, -0.1) is 11.3 Å². The molecule has 0 unspecified atom stereocenters. The number of benzene rings is 1. The van der Waals surface area contributed by atoms with Crippen LogP contribution in [0.25, 0.3) is 0 Å². The van der Waals surface area contributed by atoms with Crippen molar-refractivity contribution in [1.82, 2.24) is 15.2 Å². The van der Waals surface area contributed by atoms with Crippen LogP contribution in [0.15, 0.2) is 29.6 Å². The largest absolute Gasteiger partial charge is 0.486 e. The van der Waals surface area contributed by atoms with Crippen LogP contribution in [0.5, 0.6) is 5.75 Å². The van der Waals surface area contributed by atoms with E-state index in [1.165, 1.54) is 23.3 Å². The van der Waals surface area contributed by atoms with Crippen molar-refractivity contribution in [3.63, 3.8) is 0 Å². The van der Waals surface area contributed by atoms with E-state index >= 15 is 0 Å². The fraction of sp³-hybridized carbons (Fsp3) is 0.400. The summed E-state index contributed by atoms with van der Waals surface area (Å²) in [6.07, 6.45) is 1.95. The monoisotopic (exact) mass is 417 g/mol. The Balaban J connectivity index is 1.50. The van der Waals surface area contributed by atoms with Crippen LogP contribution in [-0.2, 0) is 20.9 Å². The van der Waals surface area contributed by atoms with Gasteiger partial charge in [-0.2, -0.15) is 0 Å². The molecule has 29 heavy (non-hydrogen) atoms. The van der Waals surface area contributed by atoms with Crippen LogP contribution in [0.4, 0.5) is 0 Å². The molecule has 3 rings (SSSR count). The molecule has 1 heterocycles. The summed E-state index contributed by atoms with van der Waals surface area (Å²) in [5, 5.41) is 5.63. The van der Waals surface area contributed by atoms with Crippen molar-refractivity contribution in [3.05, 3.63) is 45.9 Å². The fourth-order valence-corrected chi connectivity index (χ4v) is 3.10. The Labute approximate surface area is 172 Å². The van der Waals surface area contributed by atoms with Crippen LogP contribution in [0.2, 0.25) is 0 Å². The average molecular weight is 417 g/mol. The van der Waals surface area contributed by atoms with Crippen molar-refractivity contribution in [3.8, 4) is 5.75 Å². The third-order valence-electron chi connectivity index (χ3n) is 4.22. The predicted molar refractivity (Wildman–Crippen MR) is 107 cm³/mol. The number of ether oxygens (including phenoxy) is 2. The maximum atomic E-state index is 12.4. The molecule has 9 heteroatoms. The molecule has 1 fully saturated rings. The zero-order valence-corrected chi connectivity index (χ0v) is 17.2. The summed E-state index contributed by atoms with van der Waals surface area (Å²) in [5.74, 6) is -0.988. The van der Waals surface area contributed by atoms with Crippen molar-refractivity contribution in [2.45, 2.75) is 32.4 Å². The molecule has 0 saturated heterocycles. The maximum absolute atomic E-state index is 12.4. The molecule has 0 spiro atoms. The number of hydrogen-bond donors (Lipinski definition) is 1. The number of thiazole rings is 1. The van der Waals surface area contributed by atoms with Gasteiger partial charge in [-0.05, 0) is 31.9 Å². The molecule has 2 amide bonds. The van der Waals surface area contributed by atoms with Crippen molar-refractivity contribution in [1.29, 1.82) is 0 Å². The Morgan fingerprint density at radius 1 is 1.28 bits per heavy atom. The summed E-state index contributed by atoms with van der Waals surface area (Å²) >= 11 is 1.52. The maximum Gasteiger partial charge on any atom is 0.342 e. The summed E-state index contributed by atoms with van der Waals surface area (Å²) in [6.45, 7) is 1.61. The minimum atomic E-state index is -0.667. The van der Waals surface area contributed by atoms with E-state index in [0.29, 0.717) is 5.75 Å². The van der Waals surface area contributed by atoms with E-state index in [0.717, 1.165) is 23.5 Å². The number of amides is 2. The van der Waals surface area contributed by atoms with Crippen LogP contribution >= 0.6 is 11.3 Å². The number of hydrogen-bond acceptors (Lipinski definition) is 7. The molecule has 0 bridgehead atoms. The second-order valence-electron chi connectivity index (χ2n) is 6.81. The van der Waals surface area contributed by atoms with Crippen LogP contribution in [0, 0.1) is 6.92 Å². The van der Waals surface area contributed by atoms with Gasteiger partial charge in [0, 0.05) is 18.5 Å². The van der Waals surface area contributed by atoms with E-state index in [1.54, 1.807) is 24.3 Å². The van der Waals surface area contributed by atoms with E-state index in [-0.39, 0.29) is 30.7 Å². The number of carbonyl (C=O) groups excluding carboxylic acids is 3. The minimum absolute atomic E-state index is 0.0698. The van der Waals surface area contributed by atoms with Gasteiger partial charge in [0.05, 0.1) is 17.2 Å². The second kappa shape index (κ2) is 9.51. The Hall–Kier alpha value is -2.94. The molecule has 0 atom stereocenters. The first-order chi connectivity index (χ1) is 13.9. The van der Waals surface area contributed by atoms with Gasteiger partial charge in [0.1, 0.15) is 17.9 Å². The van der Waals surface area contributed by atoms with E-state index < -0.39 is 18.5 Å². The molecule has 0 aliphatic heterocycles. The highest BCUT2D eigenvalue weighted by atomic mass is 32.1. The highest BCUT2D eigenvalue weighted by Crippen LogP contribution is 2.21. The van der Waals surface area contributed by atoms with Crippen LogP contribution < -0.4 is 10.1 Å². The number of rotatable bonds is 9. The molecule has 8 nitrogen and oxygen atoms in total. The summed E-state index contributed by atoms with van der Waals surface area (Å²) < 4.78 is 10.8. The van der Waals surface area contributed by atoms with Gasteiger partial charge >= 0.3 is 5.97 Å². The highest BCUT2D eigenvalue weighted by Gasteiger charge is 2.24. The Morgan fingerprint density at radius 2 is 2.03 bits per heavy atom. The molecule has 1 N–H and O–H groups in total. The summed E-state index contributed by atoms with van der Waals surface area (Å²) in [4.78, 5) is 41.9. The lowest BCUT2D eigenvalue weighted by atomic mass is 10.2. The van der Waals surface area contributed by atoms with E-state index in [1.807, 2.05) is 12.3 Å². The molecular weight excluding hydrogens is 394 g/mol. The van der Waals surface area contributed by atoms with Gasteiger partial charge < -0.3 is 19.7 Å². The number of nitrogens with zero attached hydrogens (tertiary/aromatic N) is 2. The molecule has 1 aromatic heterocycles. The molecule has 2 aromatic rings. The Morgan fingerprint density at radius 3 is 2.72 bits per heavy atom. The SMILES string of the molecule is Cc1nc(COc2ccccc2C(=O)OCC(=O)N(C)CC(=O)NC2CC2)cs1. The Bertz CT molecular complexity index is 894. The standard InChI is InChI=1S/C20H23N3O5S/c1-13-21-15(12-29-13)10-27-17-6-4-3-5-16(17)20(26)28-11-19(25)23(2)9-18(24)22-14-7-8-14/h3-6,12,14H,7-11H2,1-2H3,(H,22,24). The van der Waals surface area contributed by atoms with Crippen LogP contribution in [0.1, 0.15) is 33.9 Å². The third-order valence-corrected chi connectivity index (χ3v) is 5.05. The molecule has 1 aliphatic carbocycles. The van der Waals surface area contributed by atoms with Gasteiger partial charge in [-0.1, -0.05) is 12.1 Å². The normalized spacial score (nSPS) is 12.9. The zero-order valence-electron chi connectivity index (χ0n) is 16.3. The number of para-hydroxylation sites is 1. The average Bonchev–Trinajstić information content (AvgIpc) is 3.42. The topological polar surface area (TPSA) is 97.8 Å². The molecule has 1 aliphatic rings. The number of esters is 1.